The number of nitrogen functional groups attached to an aromatic ring is 1. The fourth-order valence-corrected chi connectivity index (χ4v) is 1.43. The number of methoxy groups -OCH3 is 1. The highest BCUT2D eigenvalue weighted by atomic mass is 16.5. The van der Waals surface area contributed by atoms with Gasteiger partial charge in [-0.25, -0.2) is 0 Å². The summed E-state index contributed by atoms with van der Waals surface area (Å²) in [4.78, 5) is 17.2. The summed E-state index contributed by atoms with van der Waals surface area (Å²) in [6.07, 6.45) is 2.22. The predicted molar refractivity (Wildman–Crippen MR) is 63.5 cm³/mol. The number of hydrogen-bond acceptors (Lipinski definition) is 5. The number of aliphatic hydroxyl groups is 1. The number of aliphatic hydroxyl groups excluding tert-OH is 1. The molecule has 1 unspecified atom stereocenters. The van der Waals surface area contributed by atoms with Crippen molar-refractivity contribution in [3.05, 3.63) is 24.0 Å². The second-order valence-corrected chi connectivity index (χ2v) is 3.76. The predicted octanol–water partition coefficient (Wildman–Crippen LogP) is -0.257. The normalized spacial score (nSPS) is 12.2. The van der Waals surface area contributed by atoms with Crippen molar-refractivity contribution < 1.29 is 14.6 Å². The molecule has 6 nitrogen and oxygen atoms in total. The van der Waals surface area contributed by atoms with Crippen LogP contribution in [0.15, 0.2) is 18.5 Å². The second kappa shape index (κ2) is 6.17. The number of ether oxygens (including phenoxy) is 1. The molecule has 0 aromatic carbocycles. The Hall–Kier alpha value is -1.66. The van der Waals surface area contributed by atoms with Gasteiger partial charge in [-0.1, -0.05) is 0 Å². The van der Waals surface area contributed by atoms with Crippen molar-refractivity contribution in [2.75, 3.05) is 33.0 Å². The molecule has 0 aliphatic carbocycles. The van der Waals surface area contributed by atoms with Crippen LogP contribution in [-0.4, -0.2) is 54.3 Å². The Labute approximate surface area is 100 Å². The molecule has 0 radical (unpaired) electrons. The van der Waals surface area contributed by atoms with Gasteiger partial charge in [0.1, 0.15) is 0 Å². The highest BCUT2D eigenvalue weighted by molar-refractivity contribution is 5.98. The number of aromatic nitrogens is 1. The number of pyridine rings is 1. The van der Waals surface area contributed by atoms with Crippen LogP contribution in [0.1, 0.15) is 10.4 Å². The minimum absolute atomic E-state index is 0.181. The first-order valence-electron chi connectivity index (χ1n) is 5.18. The van der Waals surface area contributed by atoms with Crippen LogP contribution < -0.4 is 5.73 Å². The zero-order chi connectivity index (χ0) is 12.8. The van der Waals surface area contributed by atoms with E-state index in [0.717, 1.165) is 0 Å². The van der Waals surface area contributed by atoms with E-state index in [0.29, 0.717) is 11.3 Å². The molecule has 6 heteroatoms. The third kappa shape index (κ3) is 3.69. The standard InChI is InChI=1S/C11H17N3O3/c1-14(6-8(15)7-17-2)11(16)9-5-13-4-3-10(9)12/h3-5,8,15H,6-7H2,1-2H3,(H2,12,13). The molecule has 17 heavy (non-hydrogen) atoms. The lowest BCUT2D eigenvalue weighted by Gasteiger charge is -2.20. The van der Waals surface area contributed by atoms with E-state index in [1.807, 2.05) is 0 Å². The SMILES string of the molecule is COCC(O)CN(C)C(=O)c1cnccc1N. The van der Waals surface area contributed by atoms with E-state index in [-0.39, 0.29) is 19.1 Å². The number of hydrogen-bond donors (Lipinski definition) is 2. The van der Waals surface area contributed by atoms with Gasteiger partial charge in [0.15, 0.2) is 0 Å². The first kappa shape index (κ1) is 13.4. The number of nitrogens with two attached hydrogens (primary N) is 1. The Morgan fingerprint density at radius 1 is 1.71 bits per heavy atom. The minimum atomic E-state index is -0.716. The number of rotatable bonds is 5. The summed E-state index contributed by atoms with van der Waals surface area (Å²) >= 11 is 0. The van der Waals surface area contributed by atoms with E-state index in [1.54, 1.807) is 13.1 Å². The molecule has 0 saturated heterocycles. The summed E-state index contributed by atoms with van der Waals surface area (Å²) in [5, 5.41) is 9.52. The smallest absolute Gasteiger partial charge is 0.257 e. The number of likely N-dealkylation sites (N-methyl/N-ethyl adjacent to an activating group) is 1. The number of anilines is 1. The monoisotopic (exact) mass is 239 g/mol. The molecule has 3 N–H and O–H groups in total. The Kier molecular flexibility index (Phi) is 4.86. The maximum atomic E-state index is 12.0. The summed E-state index contributed by atoms with van der Waals surface area (Å²) in [7, 11) is 3.08. The van der Waals surface area contributed by atoms with Crippen molar-refractivity contribution in [3.8, 4) is 0 Å². The second-order valence-electron chi connectivity index (χ2n) is 3.76. The molecule has 1 aromatic rings. The van der Waals surface area contributed by atoms with E-state index in [2.05, 4.69) is 4.98 Å². The lowest BCUT2D eigenvalue weighted by atomic mass is 10.2. The van der Waals surface area contributed by atoms with Gasteiger partial charge in [0.05, 0.1) is 18.3 Å². The number of nitrogens with zero attached hydrogens (tertiary/aromatic N) is 2. The Morgan fingerprint density at radius 2 is 2.41 bits per heavy atom. The zero-order valence-electron chi connectivity index (χ0n) is 9.96. The molecule has 1 amide bonds. The molecule has 0 bridgehead atoms. The average Bonchev–Trinajstić information content (AvgIpc) is 2.29. The Morgan fingerprint density at radius 3 is 3.00 bits per heavy atom. The van der Waals surface area contributed by atoms with Gasteiger partial charge < -0.3 is 20.5 Å². The Balaban J connectivity index is 2.67. The minimum Gasteiger partial charge on any atom is -0.398 e. The van der Waals surface area contributed by atoms with Gasteiger partial charge in [0.25, 0.3) is 5.91 Å². The van der Waals surface area contributed by atoms with Crippen molar-refractivity contribution in [1.82, 2.24) is 9.88 Å². The lowest BCUT2D eigenvalue weighted by molar-refractivity contribution is 0.0380. The first-order valence-corrected chi connectivity index (χ1v) is 5.18. The largest absolute Gasteiger partial charge is 0.398 e. The van der Waals surface area contributed by atoms with Crippen molar-refractivity contribution in [2.24, 2.45) is 0 Å². The number of carbonyl (C=O) groups excluding carboxylic acids is 1. The van der Waals surface area contributed by atoms with Crippen molar-refractivity contribution in [1.29, 1.82) is 0 Å². The van der Waals surface area contributed by atoms with Gasteiger partial charge >= 0.3 is 0 Å². The van der Waals surface area contributed by atoms with Crippen molar-refractivity contribution in [3.63, 3.8) is 0 Å². The molecular weight excluding hydrogens is 222 g/mol. The van der Waals surface area contributed by atoms with Crippen LogP contribution in [0.3, 0.4) is 0 Å². The van der Waals surface area contributed by atoms with Gasteiger partial charge in [0.2, 0.25) is 0 Å². The lowest BCUT2D eigenvalue weighted by Crippen LogP contribution is -2.36. The van der Waals surface area contributed by atoms with Gasteiger partial charge in [-0.15, -0.1) is 0 Å². The summed E-state index contributed by atoms with van der Waals surface area (Å²) in [6.45, 7) is 0.362. The van der Waals surface area contributed by atoms with Gasteiger partial charge in [0, 0.05) is 38.8 Å². The van der Waals surface area contributed by atoms with E-state index >= 15 is 0 Å². The molecule has 94 valence electrons. The van der Waals surface area contributed by atoms with Crippen LogP contribution in [0.2, 0.25) is 0 Å². The number of amides is 1. The van der Waals surface area contributed by atoms with E-state index in [1.165, 1.54) is 24.4 Å². The van der Waals surface area contributed by atoms with Crippen LogP contribution in [-0.2, 0) is 4.74 Å². The van der Waals surface area contributed by atoms with E-state index in [9.17, 15) is 9.90 Å². The van der Waals surface area contributed by atoms with E-state index in [4.69, 9.17) is 10.5 Å². The summed E-state index contributed by atoms with van der Waals surface area (Å²) in [5.74, 6) is -0.272. The molecular formula is C11H17N3O3. The van der Waals surface area contributed by atoms with Crippen LogP contribution in [0.5, 0.6) is 0 Å². The fraction of sp³-hybridized carbons (Fsp3) is 0.455. The van der Waals surface area contributed by atoms with Crippen LogP contribution in [0.4, 0.5) is 5.69 Å². The van der Waals surface area contributed by atoms with Gasteiger partial charge in [-0.05, 0) is 6.07 Å². The molecule has 1 heterocycles. The third-order valence-corrected chi connectivity index (χ3v) is 2.28. The topological polar surface area (TPSA) is 88.7 Å². The third-order valence-electron chi connectivity index (χ3n) is 2.28. The molecule has 0 fully saturated rings. The zero-order valence-corrected chi connectivity index (χ0v) is 9.96. The van der Waals surface area contributed by atoms with Crippen LogP contribution in [0, 0.1) is 0 Å². The van der Waals surface area contributed by atoms with Crippen LogP contribution in [0.25, 0.3) is 0 Å². The summed E-state index contributed by atoms with van der Waals surface area (Å²) in [5.41, 5.74) is 6.38. The molecule has 1 rings (SSSR count). The molecule has 0 spiro atoms. The summed E-state index contributed by atoms with van der Waals surface area (Å²) < 4.78 is 4.79. The number of carbonyl (C=O) groups is 1. The first-order chi connectivity index (χ1) is 8.06. The molecule has 0 aliphatic rings. The highest BCUT2D eigenvalue weighted by Crippen LogP contribution is 2.11. The molecule has 0 saturated carbocycles. The average molecular weight is 239 g/mol. The quantitative estimate of drug-likeness (QED) is 0.739. The molecule has 1 aromatic heterocycles. The Bertz CT molecular complexity index is 384. The van der Waals surface area contributed by atoms with E-state index < -0.39 is 6.10 Å². The van der Waals surface area contributed by atoms with Gasteiger partial charge in [-0.2, -0.15) is 0 Å². The molecule has 0 aliphatic heterocycles. The molecule has 1 atom stereocenters. The summed E-state index contributed by atoms with van der Waals surface area (Å²) in [6, 6.07) is 1.56. The maximum Gasteiger partial charge on any atom is 0.257 e. The highest BCUT2D eigenvalue weighted by Gasteiger charge is 2.17. The van der Waals surface area contributed by atoms with Crippen LogP contribution >= 0.6 is 0 Å². The van der Waals surface area contributed by atoms with Gasteiger partial charge in [-0.3, -0.25) is 9.78 Å². The van der Waals surface area contributed by atoms with Crippen molar-refractivity contribution in [2.45, 2.75) is 6.10 Å². The fourth-order valence-electron chi connectivity index (χ4n) is 1.43. The van der Waals surface area contributed by atoms with Crippen molar-refractivity contribution >= 4 is 11.6 Å². The maximum absolute atomic E-state index is 12.0.